The van der Waals surface area contributed by atoms with Crippen LogP contribution in [0.5, 0.6) is 0 Å². The number of urea groups is 1. The van der Waals surface area contributed by atoms with E-state index in [9.17, 15) is 13.6 Å². The fraction of sp³-hybridized carbons (Fsp3) is 0.462. The summed E-state index contributed by atoms with van der Waals surface area (Å²) >= 11 is 0. The van der Waals surface area contributed by atoms with Crippen LogP contribution in [0.25, 0.3) is 0 Å². The van der Waals surface area contributed by atoms with Crippen LogP contribution in [0.4, 0.5) is 19.3 Å². The Kier molecular flexibility index (Phi) is 6.21. The number of carbonyl (C=O) groups excluding carboxylic acids is 1. The lowest BCUT2D eigenvalue weighted by atomic mass is 10.2. The molecule has 1 aromatic rings. The second-order valence-electron chi connectivity index (χ2n) is 4.33. The standard InChI is InChI=1S/C13H19F2N3O/c1-18(8-4-2-3-7-16)13(19)17-12-6-5-10(14)9-11(12)15/h5-6,9H,2-4,7-8,16H2,1H3,(H,17,19). The third kappa shape index (κ3) is 5.21. The van der Waals surface area contributed by atoms with Gasteiger partial charge in [0.1, 0.15) is 11.6 Å². The van der Waals surface area contributed by atoms with E-state index < -0.39 is 17.7 Å². The summed E-state index contributed by atoms with van der Waals surface area (Å²) in [4.78, 5) is 13.2. The number of halogens is 2. The van der Waals surface area contributed by atoms with Gasteiger partial charge in [-0.1, -0.05) is 6.42 Å². The predicted octanol–water partition coefficient (Wildman–Crippen LogP) is 2.56. The summed E-state index contributed by atoms with van der Waals surface area (Å²) < 4.78 is 26.0. The van der Waals surface area contributed by atoms with Gasteiger partial charge >= 0.3 is 6.03 Å². The van der Waals surface area contributed by atoms with Crippen molar-refractivity contribution in [3.05, 3.63) is 29.8 Å². The lowest BCUT2D eigenvalue weighted by Gasteiger charge is -2.18. The van der Waals surface area contributed by atoms with Crippen molar-refractivity contribution in [2.45, 2.75) is 19.3 Å². The van der Waals surface area contributed by atoms with Gasteiger partial charge in [0.25, 0.3) is 0 Å². The largest absolute Gasteiger partial charge is 0.330 e. The van der Waals surface area contributed by atoms with Crippen LogP contribution in [0.3, 0.4) is 0 Å². The highest BCUT2D eigenvalue weighted by atomic mass is 19.1. The van der Waals surface area contributed by atoms with Crippen LogP contribution in [0, 0.1) is 11.6 Å². The number of carbonyl (C=O) groups is 1. The van der Waals surface area contributed by atoms with Gasteiger partial charge < -0.3 is 16.0 Å². The SMILES string of the molecule is CN(CCCCCN)C(=O)Nc1ccc(F)cc1F. The minimum Gasteiger partial charge on any atom is -0.330 e. The molecule has 0 saturated heterocycles. The molecule has 0 unspecified atom stereocenters. The number of benzene rings is 1. The topological polar surface area (TPSA) is 58.4 Å². The number of rotatable bonds is 6. The van der Waals surface area contributed by atoms with E-state index in [1.165, 1.54) is 11.0 Å². The van der Waals surface area contributed by atoms with E-state index in [1.807, 2.05) is 0 Å². The summed E-state index contributed by atoms with van der Waals surface area (Å²) in [6, 6.07) is 2.61. The lowest BCUT2D eigenvalue weighted by Crippen LogP contribution is -2.32. The third-order valence-electron chi connectivity index (χ3n) is 2.72. The molecule has 1 rings (SSSR count). The van der Waals surface area contributed by atoms with Crippen molar-refractivity contribution in [2.75, 3.05) is 25.5 Å². The molecule has 1 aromatic carbocycles. The maximum Gasteiger partial charge on any atom is 0.321 e. The first-order valence-electron chi connectivity index (χ1n) is 6.22. The van der Waals surface area contributed by atoms with Crippen molar-refractivity contribution in [1.29, 1.82) is 0 Å². The first kappa shape index (κ1) is 15.4. The zero-order valence-electron chi connectivity index (χ0n) is 11.0. The average molecular weight is 271 g/mol. The molecule has 106 valence electrons. The molecular formula is C13H19F2N3O. The Balaban J connectivity index is 2.45. The van der Waals surface area contributed by atoms with Gasteiger partial charge in [0.15, 0.2) is 0 Å². The van der Waals surface area contributed by atoms with E-state index in [4.69, 9.17) is 5.73 Å². The molecule has 0 bridgehead atoms. The molecule has 3 N–H and O–H groups in total. The monoisotopic (exact) mass is 271 g/mol. The first-order chi connectivity index (χ1) is 9.04. The van der Waals surface area contributed by atoms with Crippen molar-refractivity contribution in [3.8, 4) is 0 Å². The molecule has 0 aliphatic rings. The van der Waals surface area contributed by atoms with E-state index in [1.54, 1.807) is 7.05 Å². The highest BCUT2D eigenvalue weighted by molar-refractivity contribution is 5.89. The van der Waals surface area contributed by atoms with Gasteiger partial charge in [0.05, 0.1) is 5.69 Å². The zero-order valence-corrected chi connectivity index (χ0v) is 11.0. The van der Waals surface area contributed by atoms with Crippen molar-refractivity contribution in [2.24, 2.45) is 5.73 Å². The van der Waals surface area contributed by atoms with E-state index in [0.717, 1.165) is 31.4 Å². The molecule has 0 saturated carbocycles. The van der Waals surface area contributed by atoms with Gasteiger partial charge in [-0.05, 0) is 31.5 Å². The van der Waals surface area contributed by atoms with Crippen LogP contribution in [0.2, 0.25) is 0 Å². The molecule has 0 aliphatic carbocycles. The van der Waals surface area contributed by atoms with Crippen LogP contribution < -0.4 is 11.1 Å². The first-order valence-corrected chi connectivity index (χ1v) is 6.22. The van der Waals surface area contributed by atoms with Gasteiger partial charge in [0.2, 0.25) is 0 Å². The molecule has 0 atom stereocenters. The lowest BCUT2D eigenvalue weighted by molar-refractivity contribution is 0.221. The fourth-order valence-electron chi connectivity index (χ4n) is 1.57. The number of nitrogens with two attached hydrogens (primary N) is 1. The van der Waals surface area contributed by atoms with Crippen LogP contribution in [-0.2, 0) is 0 Å². The molecular weight excluding hydrogens is 252 g/mol. The van der Waals surface area contributed by atoms with Crippen LogP contribution in [-0.4, -0.2) is 31.1 Å². The van der Waals surface area contributed by atoms with Gasteiger partial charge in [-0.3, -0.25) is 0 Å². The molecule has 0 fully saturated rings. The van der Waals surface area contributed by atoms with Crippen molar-refractivity contribution < 1.29 is 13.6 Å². The normalized spacial score (nSPS) is 10.3. The van der Waals surface area contributed by atoms with Crippen molar-refractivity contribution in [3.63, 3.8) is 0 Å². The van der Waals surface area contributed by atoms with E-state index >= 15 is 0 Å². The van der Waals surface area contributed by atoms with Crippen LogP contribution >= 0.6 is 0 Å². The molecule has 0 heterocycles. The second kappa shape index (κ2) is 7.68. The van der Waals surface area contributed by atoms with Crippen molar-refractivity contribution in [1.82, 2.24) is 4.90 Å². The number of nitrogens with zero attached hydrogens (tertiary/aromatic N) is 1. The molecule has 19 heavy (non-hydrogen) atoms. The Hall–Kier alpha value is -1.69. The van der Waals surface area contributed by atoms with Gasteiger partial charge in [-0.15, -0.1) is 0 Å². The molecule has 6 heteroatoms. The second-order valence-corrected chi connectivity index (χ2v) is 4.33. The summed E-state index contributed by atoms with van der Waals surface area (Å²) in [7, 11) is 1.62. The molecule has 4 nitrogen and oxygen atoms in total. The summed E-state index contributed by atoms with van der Waals surface area (Å²) in [6.45, 7) is 1.20. The fourth-order valence-corrected chi connectivity index (χ4v) is 1.57. The highest BCUT2D eigenvalue weighted by Crippen LogP contribution is 2.15. The van der Waals surface area contributed by atoms with Crippen LogP contribution in [0.1, 0.15) is 19.3 Å². The van der Waals surface area contributed by atoms with E-state index in [-0.39, 0.29) is 5.69 Å². The van der Waals surface area contributed by atoms with Crippen molar-refractivity contribution >= 4 is 11.7 Å². The van der Waals surface area contributed by atoms with Crippen LogP contribution in [0.15, 0.2) is 18.2 Å². The number of anilines is 1. The Morgan fingerprint density at radius 2 is 2.05 bits per heavy atom. The van der Waals surface area contributed by atoms with Gasteiger partial charge in [-0.2, -0.15) is 0 Å². The predicted molar refractivity (Wildman–Crippen MR) is 70.9 cm³/mol. The Bertz CT molecular complexity index is 426. The van der Waals surface area contributed by atoms with Gasteiger partial charge in [0, 0.05) is 19.7 Å². The summed E-state index contributed by atoms with van der Waals surface area (Å²) in [5.41, 5.74) is 5.34. The van der Waals surface area contributed by atoms with Gasteiger partial charge in [-0.25, -0.2) is 13.6 Å². The third-order valence-corrected chi connectivity index (χ3v) is 2.72. The Morgan fingerprint density at radius 3 is 2.68 bits per heavy atom. The molecule has 0 radical (unpaired) electrons. The van der Waals surface area contributed by atoms with E-state index in [0.29, 0.717) is 13.1 Å². The number of hydrogen-bond donors (Lipinski definition) is 2. The molecule has 0 spiro atoms. The Morgan fingerprint density at radius 1 is 1.32 bits per heavy atom. The Labute approximate surface area is 111 Å². The highest BCUT2D eigenvalue weighted by Gasteiger charge is 2.11. The van der Waals surface area contributed by atoms with E-state index in [2.05, 4.69) is 5.32 Å². The minimum absolute atomic E-state index is 0.0276. The maximum atomic E-state index is 13.3. The zero-order chi connectivity index (χ0) is 14.3. The molecule has 0 aromatic heterocycles. The average Bonchev–Trinajstić information content (AvgIpc) is 2.37. The summed E-state index contributed by atoms with van der Waals surface area (Å²) in [6.07, 6.45) is 2.70. The number of hydrogen-bond acceptors (Lipinski definition) is 2. The maximum absolute atomic E-state index is 13.3. The number of nitrogens with one attached hydrogen (secondary N) is 1. The quantitative estimate of drug-likeness (QED) is 0.781. The minimum atomic E-state index is -0.787. The summed E-state index contributed by atoms with van der Waals surface area (Å²) in [5, 5.41) is 2.40. The smallest absolute Gasteiger partial charge is 0.321 e. The number of unbranched alkanes of at least 4 members (excludes halogenated alkanes) is 2. The molecule has 2 amide bonds. The number of amides is 2. The molecule has 0 aliphatic heterocycles. The summed E-state index contributed by atoms with van der Waals surface area (Å²) in [5.74, 6) is -1.46.